The van der Waals surface area contributed by atoms with E-state index < -0.39 is 5.97 Å². The molecule has 0 aromatic heterocycles. The normalized spacial score (nSPS) is 9.60. The topological polar surface area (TPSA) is 66.6 Å². The summed E-state index contributed by atoms with van der Waals surface area (Å²) < 4.78 is 0. The lowest BCUT2D eigenvalue weighted by atomic mass is 10.3. The van der Waals surface area contributed by atoms with Crippen LogP contribution in [0, 0.1) is 0 Å². The summed E-state index contributed by atoms with van der Waals surface area (Å²) in [6.45, 7) is 0.286. The molecule has 0 fully saturated rings. The molecule has 0 aliphatic heterocycles. The first-order chi connectivity index (χ1) is 7.11. The van der Waals surface area contributed by atoms with E-state index in [1.807, 2.05) is 30.3 Å². The Bertz CT molecular complexity index is 354. The number of carboxylic acids is 1. The van der Waals surface area contributed by atoms with Gasteiger partial charge in [0.1, 0.15) is 0 Å². The second kappa shape index (κ2) is 5.31. The second-order valence-corrected chi connectivity index (χ2v) is 3.39. The Morgan fingerprint density at radius 1 is 1.40 bits per heavy atom. The number of nitrogens with two attached hydrogens (primary N) is 1. The quantitative estimate of drug-likeness (QED) is 0.752. The Labute approximate surface area is 93.3 Å². The molecule has 4 nitrogen and oxygen atoms in total. The molecule has 0 bridgehead atoms. The number of aliphatic carboxylic acids is 1. The molecule has 0 heterocycles. The highest BCUT2D eigenvalue weighted by Gasteiger charge is 2.10. The van der Waals surface area contributed by atoms with Gasteiger partial charge in [-0.15, -0.1) is 0 Å². The number of benzene rings is 1. The molecule has 0 amide bonds. The smallest absolute Gasteiger partial charge is 0.305 e. The van der Waals surface area contributed by atoms with E-state index in [1.165, 1.54) is 0 Å². The van der Waals surface area contributed by atoms with Crippen LogP contribution in [0.25, 0.3) is 0 Å². The Morgan fingerprint density at radius 2 is 2.00 bits per heavy atom. The van der Waals surface area contributed by atoms with E-state index in [0.717, 1.165) is 5.69 Å². The number of carbonyl (C=O) groups is 1. The van der Waals surface area contributed by atoms with Gasteiger partial charge >= 0.3 is 5.97 Å². The van der Waals surface area contributed by atoms with Gasteiger partial charge in [-0.25, -0.2) is 0 Å². The molecule has 15 heavy (non-hydrogen) atoms. The monoisotopic (exact) mass is 224 g/mol. The van der Waals surface area contributed by atoms with Crippen molar-refractivity contribution in [2.75, 3.05) is 11.4 Å². The van der Waals surface area contributed by atoms with Gasteiger partial charge in [0, 0.05) is 12.2 Å². The lowest BCUT2D eigenvalue weighted by Crippen LogP contribution is -2.37. The summed E-state index contributed by atoms with van der Waals surface area (Å²) in [5.41, 5.74) is 6.33. The van der Waals surface area contributed by atoms with E-state index in [0.29, 0.717) is 0 Å². The highest BCUT2D eigenvalue weighted by molar-refractivity contribution is 7.80. The van der Waals surface area contributed by atoms with Gasteiger partial charge < -0.3 is 15.7 Å². The number of para-hydroxylation sites is 1. The predicted octanol–water partition coefficient (Wildman–Crippen LogP) is 1.21. The first-order valence-electron chi connectivity index (χ1n) is 4.45. The van der Waals surface area contributed by atoms with Gasteiger partial charge in [0.05, 0.1) is 6.42 Å². The first kappa shape index (κ1) is 11.5. The fourth-order valence-electron chi connectivity index (χ4n) is 1.18. The van der Waals surface area contributed by atoms with Crippen LogP contribution in [0.3, 0.4) is 0 Å². The third-order valence-corrected chi connectivity index (χ3v) is 2.10. The average molecular weight is 224 g/mol. The SMILES string of the molecule is NC(=S)N(CCC(=O)O)c1ccccc1. The molecule has 0 unspecified atom stereocenters. The van der Waals surface area contributed by atoms with Crippen molar-refractivity contribution < 1.29 is 9.90 Å². The van der Waals surface area contributed by atoms with Gasteiger partial charge in [-0.05, 0) is 24.4 Å². The van der Waals surface area contributed by atoms with Crippen molar-refractivity contribution >= 4 is 29.0 Å². The number of hydrogen-bond acceptors (Lipinski definition) is 2. The molecule has 5 heteroatoms. The molecule has 0 atom stereocenters. The maximum absolute atomic E-state index is 10.4. The number of anilines is 1. The number of carboxylic acid groups (broad SMARTS) is 1. The van der Waals surface area contributed by atoms with Crippen molar-refractivity contribution in [3.05, 3.63) is 30.3 Å². The molecule has 1 aromatic rings. The summed E-state index contributed by atoms with van der Waals surface area (Å²) in [7, 11) is 0. The van der Waals surface area contributed by atoms with E-state index in [-0.39, 0.29) is 18.1 Å². The van der Waals surface area contributed by atoms with Crippen LogP contribution in [0.2, 0.25) is 0 Å². The molecule has 0 radical (unpaired) electrons. The highest BCUT2D eigenvalue weighted by atomic mass is 32.1. The molecular formula is C10H12N2O2S. The first-order valence-corrected chi connectivity index (χ1v) is 4.86. The van der Waals surface area contributed by atoms with Gasteiger partial charge in [-0.1, -0.05) is 18.2 Å². The van der Waals surface area contributed by atoms with E-state index in [4.69, 9.17) is 23.1 Å². The van der Waals surface area contributed by atoms with Crippen molar-refractivity contribution in [1.29, 1.82) is 0 Å². The molecule has 0 aliphatic rings. The average Bonchev–Trinajstić information content (AvgIpc) is 2.18. The molecule has 0 saturated heterocycles. The van der Waals surface area contributed by atoms with Crippen LogP contribution in [0.1, 0.15) is 6.42 Å². The number of thiocarbonyl (C=S) groups is 1. The highest BCUT2D eigenvalue weighted by Crippen LogP contribution is 2.13. The fraction of sp³-hybridized carbons (Fsp3) is 0.200. The molecular weight excluding hydrogens is 212 g/mol. The summed E-state index contributed by atoms with van der Waals surface area (Å²) in [6.07, 6.45) is 0.00618. The van der Waals surface area contributed by atoms with Gasteiger partial charge in [0.15, 0.2) is 5.11 Å². The minimum absolute atomic E-state index is 0.00618. The van der Waals surface area contributed by atoms with Crippen molar-refractivity contribution in [2.45, 2.75) is 6.42 Å². The summed E-state index contributed by atoms with van der Waals surface area (Å²) >= 11 is 4.86. The number of hydrogen-bond donors (Lipinski definition) is 2. The molecule has 0 spiro atoms. The fourth-order valence-corrected chi connectivity index (χ4v) is 1.38. The van der Waals surface area contributed by atoms with Crippen LogP contribution < -0.4 is 10.6 Å². The van der Waals surface area contributed by atoms with Crippen LogP contribution in [0.4, 0.5) is 5.69 Å². The standard InChI is InChI=1S/C10H12N2O2S/c11-10(15)12(7-6-9(13)14)8-4-2-1-3-5-8/h1-5H,6-7H2,(H2,11,15)(H,13,14). The summed E-state index contributed by atoms with van der Waals surface area (Å²) in [5, 5.41) is 8.76. The van der Waals surface area contributed by atoms with Crippen LogP contribution in [-0.2, 0) is 4.79 Å². The molecule has 1 rings (SSSR count). The van der Waals surface area contributed by atoms with Gasteiger partial charge in [0.2, 0.25) is 0 Å². The summed E-state index contributed by atoms with van der Waals surface area (Å²) in [5.74, 6) is -0.868. The van der Waals surface area contributed by atoms with E-state index in [1.54, 1.807) is 4.90 Å². The third kappa shape index (κ3) is 3.55. The maximum atomic E-state index is 10.4. The Balaban J connectivity index is 2.75. The van der Waals surface area contributed by atoms with Crippen LogP contribution in [0.15, 0.2) is 30.3 Å². The van der Waals surface area contributed by atoms with E-state index >= 15 is 0 Å². The zero-order valence-electron chi connectivity index (χ0n) is 8.09. The largest absolute Gasteiger partial charge is 0.481 e. The molecule has 0 saturated carbocycles. The molecule has 3 N–H and O–H groups in total. The predicted molar refractivity (Wildman–Crippen MR) is 62.8 cm³/mol. The number of rotatable bonds is 4. The lowest BCUT2D eigenvalue weighted by molar-refractivity contribution is -0.136. The van der Waals surface area contributed by atoms with Gasteiger partial charge in [-0.3, -0.25) is 4.79 Å². The van der Waals surface area contributed by atoms with Crippen molar-refractivity contribution in [2.24, 2.45) is 5.73 Å². The Kier molecular flexibility index (Phi) is 4.05. The Hall–Kier alpha value is -1.62. The van der Waals surface area contributed by atoms with Crippen molar-refractivity contribution in [3.8, 4) is 0 Å². The van der Waals surface area contributed by atoms with Crippen molar-refractivity contribution in [3.63, 3.8) is 0 Å². The van der Waals surface area contributed by atoms with E-state index in [2.05, 4.69) is 0 Å². The second-order valence-electron chi connectivity index (χ2n) is 2.97. The zero-order valence-corrected chi connectivity index (χ0v) is 8.91. The lowest BCUT2D eigenvalue weighted by Gasteiger charge is -2.21. The van der Waals surface area contributed by atoms with Gasteiger partial charge in [-0.2, -0.15) is 0 Å². The van der Waals surface area contributed by atoms with Crippen LogP contribution >= 0.6 is 12.2 Å². The number of nitrogens with zero attached hydrogens (tertiary/aromatic N) is 1. The summed E-state index contributed by atoms with van der Waals surface area (Å²) in [4.78, 5) is 12.0. The molecule has 1 aromatic carbocycles. The molecule has 0 aliphatic carbocycles. The Morgan fingerprint density at radius 3 is 2.47 bits per heavy atom. The third-order valence-electron chi connectivity index (χ3n) is 1.88. The van der Waals surface area contributed by atoms with Gasteiger partial charge in [0.25, 0.3) is 0 Å². The minimum Gasteiger partial charge on any atom is -0.481 e. The zero-order chi connectivity index (χ0) is 11.3. The van der Waals surface area contributed by atoms with Crippen LogP contribution in [0.5, 0.6) is 0 Å². The molecule has 80 valence electrons. The van der Waals surface area contributed by atoms with E-state index in [9.17, 15) is 4.79 Å². The maximum Gasteiger partial charge on any atom is 0.305 e. The van der Waals surface area contributed by atoms with Crippen LogP contribution in [-0.4, -0.2) is 22.7 Å². The summed E-state index contributed by atoms with van der Waals surface area (Å²) in [6, 6.07) is 9.24. The van der Waals surface area contributed by atoms with Crippen molar-refractivity contribution in [1.82, 2.24) is 0 Å². The minimum atomic E-state index is -0.868.